The summed E-state index contributed by atoms with van der Waals surface area (Å²) in [6.45, 7) is 2.30. The van der Waals surface area contributed by atoms with Crippen molar-refractivity contribution in [3.05, 3.63) is 0 Å². The molecule has 0 unspecified atom stereocenters. The van der Waals surface area contributed by atoms with E-state index in [0.717, 1.165) is 6.54 Å². The predicted octanol–water partition coefficient (Wildman–Crippen LogP) is 1.00. The molecule has 0 amide bonds. The van der Waals surface area contributed by atoms with Crippen LogP contribution in [0.4, 0.5) is 0 Å². The molecule has 0 atom stereocenters. The SMILES string of the molecule is CNCCCN(C)C.Cl.Cl. The number of nitrogens with zero attached hydrogens (tertiary/aromatic N) is 1. The van der Waals surface area contributed by atoms with Crippen LogP contribution in [0.3, 0.4) is 0 Å². The Kier molecular flexibility index (Phi) is 20.6. The van der Waals surface area contributed by atoms with Crippen molar-refractivity contribution >= 4 is 24.8 Å². The highest BCUT2D eigenvalue weighted by atomic mass is 35.5. The van der Waals surface area contributed by atoms with Crippen LogP contribution in [0.1, 0.15) is 6.42 Å². The van der Waals surface area contributed by atoms with Crippen LogP contribution >= 0.6 is 24.8 Å². The first-order valence-electron chi connectivity index (χ1n) is 3.06. The van der Waals surface area contributed by atoms with Gasteiger partial charge in [-0.15, -0.1) is 24.8 Å². The lowest BCUT2D eigenvalue weighted by Crippen LogP contribution is -2.18. The van der Waals surface area contributed by atoms with Crippen LogP contribution in [0.25, 0.3) is 0 Å². The third kappa shape index (κ3) is 15.8. The van der Waals surface area contributed by atoms with Gasteiger partial charge >= 0.3 is 0 Å². The first kappa shape index (κ1) is 16.8. The molecule has 0 fully saturated rings. The number of halogens is 2. The van der Waals surface area contributed by atoms with E-state index in [2.05, 4.69) is 24.3 Å². The number of hydrogen-bond acceptors (Lipinski definition) is 2. The summed E-state index contributed by atoms with van der Waals surface area (Å²) in [5.41, 5.74) is 0. The zero-order chi connectivity index (χ0) is 6.41. The Morgan fingerprint density at radius 3 is 2.00 bits per heavy atom. The van der Waals surface area contributed by atoms with Crippen molar-refractivity contribution in [3.63, 3.8) is 0 Å². The molecule has 0 aromatic rings. The first-order valence-corrected chi connectivity index (χ1v) is 3.06. The lowest BCUT2D eigenvalue weighted by molar-refractivity contribution is 0.397. The maximum Gasteiger partial charge on any atom is -0.00127 e. The fourth-order valence-corrected chi connectivity index (χ4v) is 0.572. The lowest BCUT2D eigenvalue weighted by atomic mass is 10.4. The van der Waals surface area contributed by atoms with Gasteiger partial charge in [0, 0.05) is 0 Å². The van der Waals surface area contributed by atoms with Crippen molar-refractivity contribution in [1.82, 2.24) is 10.2 Å². The second-order valence-corrected chi connectivity index (χ2v) is 2.26. The maximum atomic E-state index is 3.10. The van der Waals surface area contributed by atoms with Gasteiger partial charge in [0.2, 0.25) is 0 Å². The van der Waals surface area contributed by atoms with E-state index in [1.54, 1.807) is 0 Å². The van der Waals surface area contributed by atoms with Gasteiger partial charge in [0.25, 0.3) is 0 Å². The van der Waals surface area contributed by atoms with Crippen molar-refractivity contribution in [2.75, 3.05) is 34.2 Å². The maximum absolute atomic E-state index is 3.10. The van der Waals surface area contributed by atoms with E-state index < -0.39 is 0 Å². The van der Waals surface area contributed by atoms with Gasteiger partial charge in [0.05, 0.1) is 0 Å². The number of hydrogen-bond donors (Lipinski definition) is 1. The molecule has 4 heteroatoms. The summed E-state index contributed by atoms with van der Waals surface area (Å²) in [7, 11) is 6.17. The Balaban J connectivity index is -0.000000245. The minimum Gasteiger partial charge on any atom is -0.320 e. The fraction of sp³-hybridized carbons (Fsp3) is 1.00. The molecular formula is C6H18Cl2N2. The summed E-state index contributed by atoms with van der Waals surface area (Å²) in [5.74, 6) is 0. The van der Waals surface area contributed by atoms with E-state index in [1.807, 2.05) is 7.05 Å². The second kappa shape index (κ2) is 12.2. The van der Waals surface area contributed by atoms with Crippen LogP contribution < -0.4 is 5.32 Å². The van der Waals surface area contributed by atoms with Crippen LogP contribution in [0, 0.1) is 0 Å². The molecule has 0 heterocycles. The van der Waals surface area contributed by atoms with Gasteiger partial charge < -0.3 is 10.2 Å². The normalized spacial score (nSPS) is 8.40. The predicted molar refractivity (Wildman–Crippen MR) is 51.6 cm³/mol. The molecule has 0 radical (unpaired) electrons. The van der Waals surface area contributed by atoms with Gasteiger partial charge in [-0.05, 0) is 40.7 Å². The Hall–Kier alpha value is 0.500. The second-order valence-electron chi connectivity index (χ2n) is 2.26. The summed E-state index contributed by atoms with van der Waals surface area (Å²) in [6.07, 6.45) is 1.24. The third-order valence-electron chi connectivity index (χ3n) is 1.03. The van der Waals surface area contributed by atoms with Crippen LogP contribution in [-0.4, -0.2) is 39.1 Å². The molecule has 0 aliphatic heterocycles. The monoisotopic (exact) mass is 188 g/mol. The molecule has 66 valence electrons. The highest BCUT2D eigenvalue weighted by molar-refractivity contribution is 5.85. The highest BCUT2D eigenvalue weighted by Gasteiger charge is 1.85. The molecule has 0 aromatic carbocycles. The van der Waals surface area contributed by atoms with Crippen LogP contribution in [-0.2, 0) is 0 Å². The average molecular weight is 189 g/mol. The van der Waals surface area contributed by atoms with Crippen LogP contribution in [0.15, 0.2) is 0 Å². The Morgan fingerprint density at radius 2 is 1.70 bits per heavy atom. The van der Waals surface area contributed by atoms with Crippen molar-refractivity contribution in [2.45, 2.75) is 6.42 Å². The minimum atomic E-state index is 0. The van der Waals surface area contributed by atoms with Gasteiger partial charge in [-0.3, -0.25) is 0 Å². The van der Waals surface area contributed by atoms with E-state index in [0.29, 0.717) is 0 Å². The largest absolute Gasteiger partial charge is 0.320 e. The number of nitrogens with one attached hydrogen (secondary N) is 1. The molecule has 0 spiro atoms. The third-order valence-corrected chi connectivity index (χ3v) is 1.03. The zero-order valence-electron chi connectivity index (χ0n) is 6.89. The van der Waals surface area contributed by atoms with E-state index in [4.69, 9.17) is 0 Å². The fourth-order valence-electron chi connectivity index (χ4n) is 0.572. The molecule has 2 nitrogen and oxygen atoms in total. The van der Waals surface area contributed by atoms with Crippen molar-refractivity contribution in [1.29, 1.82) is 0 Å². The highest BCUT2D eigenvalue weighted by Crippen LogP contribution is 1.78. The van der Waals surface area contributed by atoms with Gasteiger partial charge in [0.15, 0.2) is 0 Å². The van der Waals surface area contributed by atoms with E-state index in [-0.39, 0.29) is 24.8 Å². The summed E-state index contributed by atoms with van der Waals surface area (Å²) >= 11 is 0. The smallest absolute Gasteiger partial charge is 0.00127 e. The van der Waals surface area contributed by atoms with Crippen molar-refractivity contribution in [2.24, 2.45) is 0 Å². The Labute approximate surface area is 76.2 Å². The van der Waals surface area contributed by atoms with Gasteiger partial charge in [-0.25, -0.2) is 0 Å². The van der Waals surface area contributed by atoms with E-state index in [9.17, 15) is 0 Å². The lowest BCUT2D eigenvalue weighted by Gasteiger charge is -2.07. The standard InChI is InChI=1S/C6H16N2.2ClH/c1-7-5-4-6-8(2)3;;/h7H,4-6H2,1-3H3;2*1H. The minimum absolute atomic E-state index is 0. The van der Waals surface area contributed by atoms with E-state index in [1.165, 1.54) is 13.0 Å². The molecule has 0 rings (SSSR count). The summed E-state index contributed by atoms with van der Waals surface area (Å²) in [5, 5.41) is 3.10. The summed E-state index contributed by atoms with van der Waals surface area (Å²) in [6, 6.07) is 0. The van der Waals surface area contributed by atoms with E-state index >= 15 is 0 Å². The van der Waals surface area contributed by atoms with Crippen molar-refractivity contribution in [3.8, 4) is 0 Å². The summed E-state index contributed by atoms with van der Waals surface area (Å²) < 4.78 is 0. The topological polar surface area (TPSA) is 15.3 Å². The molecular weight excluding hydrogens is 171 g/mol. The molecule has 10 heavy (non-hydrogen) atoms. The van der Waals surface area contributed by atoms with Gasteiger partial charge in [-0.1, -0.05) is 0 Å². The zero-order valence-corrected chi connectivity index (χ0v) is 8.52. The van der Waals surface area contributed by atoms with Gasteiger partial charge in [0.1, 0.15) is 0 Å². The molecule has 1 N–H and O–H groups in total. The van der Waals surface area contributed by atoms with Crippen molar-refractivity contribution < 1.29 is 0 Å². The average Bonchev–Trinajstić information content (AvgIpc) is 1.66. The molecule has 0 aromatic heterocycles. The molecule has 0 saturated carbocycles. The molecule has 0 aliphatic rings. The summed E-state index contributed by atoms with van der Waals surface area (Å²) in [4.78, 5) is 2.19. The number of rotatable bonds is 4. The quantitative estimate of drug-likeness (QED) is 0.664. The van der Waals surface area contributed by atoms with Crippen LogP contribution in [0.5, 0.6) is 0 Å². The molecule has 0 bridgehead atoms. The van der Waals surface area contributed by atoms with Crippen LogP contribution in [0.2, 0.25) is 0 Å². The molecule has 0 aliphatic carbocycles. The Bertz CT molecular complexity index is 51.0. The first-order chi connectivity index (χ1) is 3.77. The molecule has 0 saturated heterocycles. The Morgan fingerprint density at radius 1 is 1.20 bits per heavy atom. The van der Waals surface area contributed by atoms with Gasteiger partial charge in [-0.2, -0.15) is 0 Å².